The Labute approximate surface area is 124 Å². The molecule has 1 N–H and O–H groups in total. The van der Waals surface area contributed by atoms with E-state index >= 15 is 0 Å². The van der Waals surface area contributed by atoms with Gasteiger partial charge in [-0.25, -0.2) is 9.97 Å². The first-order valence-corrected chi connectivity index (χ1v) is 8.25. The van der Waals surface area contributed by atoms with Gasteiger partial charge in [0.25, 0.3) is 0 Å². The van der Waals surface area contributed by atoms with E-state index in [-0.39, 0.29) is 0 Å². The summed E-state index contributed by atoms with van der Waals surface area (Å²) in [6.45, 7) is 7.73. The minimum atomic E-state index is 0.722. The van der Waals surface area contributed by atoms with Crippen molar-refractivity contribution in [3.63, 3.8) is 0 Å². The molecule has 1 saturated heterocycles. The Hall–Kier alpha value is -1.20. The van der Waals surface area contributed by atoms with Crippen molar-refractivity contribution >= 4 is 27.4 Å². The number of anilines is 1. The first-order chi connectivity index (χ1) is 9.74. The number of thiophene rings is 1. The largest absolute Gasteiger partial charge is 0.368 e. The van der Waals surface area contributed by atoms with Crippen molar-refractivity contribution < 1.29 is 0 Å². The number of aromatic nitrogens is 2. The molecule has 1 aliphatic heterocycles. The van der Waals surface area contributed by atoms with E-state index < -0.39 is 0 Å². The van der Waals surface area contributed by atoms with E-state index in [2.05, 4.69) is 40.1 Å². The lowest BCUT2D eigenvalue weighted by Gasteiger charge is -2.33. The molecule has 1 atom stereocenters. The van der Waals surface area contributed by atoms with Crippen LogP contribution in [0.5, 0.6) is 0 Å². The molecule has 0 saturated carbocycles. The number of hydrogen-bond acceptors (Lipinski definition) is 5. The fraction of sp³-hybridized carbons (Fsp3) is 0.600. The molecule has 20 heavy (non-hydrogen) atoms. The van der Waals surface area contributed by atoms with Crippen molar-refractivity contribution in [1.82, 2.24) is 14.9 Å². The highest BCUT2D eigenvalue weighted by molar-refractivity contribution is 7.18. The molecule has 0 amide bonds. The maximum Gasteiger partial charge on any atom is 0.138 e. The Morgan fingerprint density at radius 3 is 3.15 bits per heavy atom. The number of nitrogens with one attached hydrogen (secondary N) is 1. The lowest BCUT2D eigenvalue weighted by molar-refractivity contribution is 0.167. The SMILES string of the molecule is Cc1cc2c(NCCN3CCCCC3C)ncnc2s1. The van der Waals surface area contributed by atoms with Crippen molar-refractivity contribution in [2.45, 2.75) is 39.2 Å². The quantitative estimate of drug-likeness (QED) is 0.938. The number of piperidine rings is 1. The Balaban J connectivity index is 1.62. The molecule has 2 aromatic heterocycles. The van der Waals surface area contributed by atoms with Crippen LogP contribution in [0.3, 0.4) is 0 Å². The van der Waals surface area contributed by atoms with Crippen LogP contribution in [-0.4, -0.2) is 40.5 Å². The van der Waals surface area contributed by atoms with Gasteiger partial charge in [0.05, 0.1) is 5.39 Å². The molecule has 0 radical (unpaired) electrons. The minimum Gasteiger partial charge on any atom is -0.368 e. The van der Waals surface area contributed by atoms with E-state index in [1.807, 2.05) is 0 Å². The molecule has 3 heterocycles. The molecule has 0 bridgehead atoms. The summed E-state index contributed by atoms with van der Waals surface area (Å²) in [6, 6.07) is 2.89. The van der Waals surface area contributed by atoms with Gasteiger partial charge in [-0.3, -0.25) is 4.90 Å². The Morgan fingerprint density at radius 1 is 1.40 bits per heavy atom. The molecule has 108 valence electrons. The summed E-state index contributed by atoms with van der Waals surface area (Å²) in [7, 11) is 0. The number of nitrogens with zero attached hydrogens (tertiary/aromatic N) is 3. The summed E-state index contributed by atoms with van der Waals surface area (Å²) < 4.78 is 0. The summed E-state index contributed by atoms with van der Waals surface area (Å²) >= 11 is 1.73. The molecule has 0 aromatic carbocycles. The highest BCUT2D eigenvalue weighted by Crippen LogP contribution is 2.27. The van der Waals surface area contributed by atoms with Gasteiger partial charge in [-0.05, 0) is 39.3 Å². The summed E-state index contributed by atoms with van der Waals surface area (Å²) in [4.78, 5) is 13.7. The average molecular weight is 290 g/mol. The average Bonchev–Trinajstić information content (AvgIpc) is 2.82. The Morgan fingerprint density at radius 2 is 2.30 bits per heavy atom. The number of hydrogen-bond donors (Lipinski definition) is 1. The first kappa shape index (κ1) is 13.8. The van der Waals surface area contributed by atoms with Crippen LogP contribution in [-0.2, 0) is 0 Å². The summed E-state index contributed by atoms with van der Waals surface area (Å²) in [5.74, 6) is 0.976. The van der Waals surface area contributed by atoms with Gasteiger partial charge < -0.3 is 5.32 Å². The predicted octanol–water partition coefficient (Wildman–Crippen LogP) is 3.29. The fourth-order valence-electron chi connectivity index (χ4n) is 2.92. The molecule has 1 unspecified atom stereocenters. The molecule has 5 heteroatoms. The van der Waals surface area contributed by atoms with Crippen LogP contribution in [0.15, 0.2) is 12.4 Å². The highest BCUT2D eigenvalue weighted by atomic mass is 32.1. The maximum atomic E-state index is 4.39. The van der Waals surface area contributed by atoms with Crippen molar-refractivity contribution in [3.05, 3.63) is 17.3 Å². The van der Waals surface area contributed by atoms with E-state index in [4.69, 9.17) is 0 Å². The van der Waals surface area contributed by atoms with E-state index in [1.165, 1.54) is 30.7 Å². The zero-order valence-corrected chi connectivity index (χ0v) is 13.0. The molecule has 0 spiro atoms. The van der Waals surface area contributed by atoms with Crippen LogP contribution in [0.2, 0.25) is 0 Å². The number of aryl methyl sites for hydroxylation is 1. The second kappa shape index (κ2) is 6.06. The third-order valence-electron chi connectivity index (χ3n) is 4.08. The minimum absolute atomic E-state index is 0.722. The first-order valence-electron chi connectivity index (χ1n) is 7.43. The van der Waals surface area contributed by atoms with Crippen molar-refractivity contribution in [3.8, 4) is 0 Å². The molecular weight excluding hydrogens is 268 g/mol. The van der Waals surface area contributed by atoms with Gasteiger partial charge >= 0.3 is 0 Å². The third-order valence-corrected chi connectivity index (χ3v) is 5.04. The predicted molar refractivity (Wildman–Crippen MR) is 85.5 cm³/mol. The number of likely N-dealkylation sites (tertiary alicyclic amines) is 1. The molecule has 4 nitrogen and oxygen atoms in total. The molecule has 3 rings (SSSR count). The van der Waals surface area contributed by atoms with Gasteiger partial charge in [0.1, 0.15) is 17.0 Å². The van der Waals surface area contributed by atoms with Gasteiger partial charge in [0, 0.05) is 24.0 Å². The molecular formula is C15H22N4S. The lowest BCUT2D eigenvalue weighted by Crippen LogP contribution is -2.40. The van der Waals surface area contributed by atoms with Crippen LogP contribution in [0.25, 0.3) is 10.2 Å². The Bertz CT molecular complexity index is 580. The second-order valence-corrected chi connectivity index (χ2v) is 6.84. The zero-order chi connectivity index (χ0) is 13.9. The van der Waals surface area contributed by atoms with Crippen molar-refractivity contribution in [2.24, 2.45) is 0 Å². The summed E-state index contributed by atoms with van der Waals surface area (Å²) in [5.41, 5.74) is 0. The van der Waals surface area contributed by atoms with Crippen LogP contribution in [0.1, 0.15) is 31.1 Å². The van der Waals surface area contributed by atoms with Crippen molar-refractivity contribution in [2.75, 3.05) is 25.0 Å². The van der Waals surface area contributed by atoms with Crippen molar-refractivity contribution in [1.29, 1.82) is 0 Å². The summed E-state index contributed by atoms with van der Waals surface area (Å²) in [6.07, 6.45) is 5.71. The van der Waals surface area contributed by atoms with E-state index in [9.17, 15) is 0 Å². The Kier molecular flexibility index (Phi) is 4.17. The molecule has 2 aromatic rings. The smallest absolute Gasteiger partial charge is 0.138 e. The maximum absolute atomic E-state index is 4.39. The highest BCUT2D eigenvalue weighted by Gasteiger charge is 2.17. The van der Waals surface area contributed by atoms with Gasteiger partial charge in [0.15, 0.2) is 0 Å². The monoisotopic (exact) mass is 290 g/mol. The van der Waals surface area contributed by atoms with Gasteiger partial charge in [-0.15, -0.1) is 11.3 Å². The second-order valence-electron chi connectivity index (χ2n) is 5.61. The number of rotatable bonds is 4. The van der Waals surface area contributed by atoms with Crippen LogP contribution >= 0.6 is 11.3 Å². The van der Waals surface area contributed by atoms with E-state index in [0.29, 0.717) is 0 Å². The van der Waals surface area contributed by atoms with Gasteiger partial charge in [-0.2, -0.15) is 0 Å². The van der Waals surface area contributed by atoms with Crippen LogP contribution in [0.4, 0.5) is 5.82 Å². The fourth-order valence-corrected chi connectivity index (χ4v) is 3.77. The third kappa shape index (κ3) is 2.94. The lowest BCUT2D eigenvalue weighted by atomic mass is 10.0. The van der Waals surface area contributed by atoms with E-state index in [0.717, 1.165) is 35.2 Å². The molecule has 0 aliphatic carbocycles. The zero-order valence-electron chi connectivity index (χ0n) is 12.2. The van der Waals surface area contributed by atoms with Gasteiger partial charge in [0.2, 0.25) is 0 Å². The van der Waals surface area contributed by atoms with Crippen LogP contribution in [0, 0.1) is 6.92 Å². The topological polar surface area (TPSA) is 41.0 Å². The molecule has 1 aliphatic rings. The normalized spacial score (nSPS) is 20.4. The molecule has 1 fully saturated rings. The standard InChI is InChI=1S/C15H22N4S/c1-11-5-3-4-7-19(11)8-6-16-14-13-9-12(2)20-15(13)18-10-17-14/h9-11H,3-8H2,1-2H3,(H,16,17,18). The number of fused-ring (bicyclic) bond motifs is 1. The van der Waals surface area contributed by atoms with Gasteiger partial charge in [-0.1, -0.05) is 6.42 Å². The van der Waals surface area contributed by atoms with Crippen LogP contribution < -0.4 is 5.32 Å². The summed E-state index contributed by atoms with van der Waals surface area (Å²) in [5, 5.41) is 4.64. The van der Waals surface area contributed by atoms with E-state index in [1.54, 1.807) is 17.7 Å².